The summed E-state index contributed by atoms with van der Waals surface area (Å²) in [6.45, 7) is 6.23. The molecule has 0 unspecified atom stereocenters. The van der Waals surface area contributed by atoms with Gasteiger partial charge in [0.1, 0.15) is 29.7 Å². The summed E-state index contributed by atoms with van der Waals surface area (Å²) >= 11 is 3.32. The summed E-state index contributed by atoms with van der Waals surface area (Å²) in [5.41, 5.74) is 0. The molecule has 0 saturated heterocycles. The van der Waals surface area contributed by atoms with Gasteiger partial charge in [-0.2, -0.15) is 0 Å². The Morgan fingerprint density at radius 2 is 2.00 bits per heavy atom. The highest BCUT2D eigenvalue weighted by Crippen LogP contribution is 2.26. The topological polar surface area (TPSA) is 34.4 Å². The Labute approximate surface area is 132 Å². The third kappa shape index (κ3) is 5.17. The molecule has 5 heteroatoms. The highest BCUT2D eigenvalue weighted by Gasteiger charge is 2.06. The molecule has 0 fully saturated rings. The summed E-state index contributed by atoms with van der Waals surface area (Å²) in [6, 6.07) is 8.14. The van der Waals surface area contributed by atoms with Crippen molar-refractivity contribution in [2.24, 2.45) is 5.92 Å². The first-order valence-electron chi connectivity index (χ1n) is 6.90. The average molecular weight is 356 g/mol. The number of nitrogens with one attached hydrogen (secondary N) is 1. The Balaban J connectivity index is 1.86. The van der Waals surface area contributed by atoms with E-state index in [1.54, 1.807) is 6.07 Å². The molecule has 1 heterocycles. The second kappa shape index (κ2) is 7.61. The molecule has 0 aliphatic heterocycles. The van der Waals surface area contributed by atoms with E-state index in [9.17, 15) is 4.39 Å². The lowest BCUT2D eigenvalue weighted by Crippen LogP contribution is -2.18. The minimum atomic E-state index is -0.328. The van der Waals surface area contributed by atoms with Gasteiger partial charge < -0.3 is 14.5 Å². The molecule has 0 aliphatic carbocycles. The number of benzene rings is 1. The van der Waals surface area contributed by atoms with Crippen LogP contribution in [0.3, 0.4) is 0 Å². The zero-order chi connectivity index (χ0) is 15.2. The van der Waals surface area contributed by atoms with Crippen LogP contribution in [0, 0.1) is 11.7 Å². The maximum Gasteiger partial charge on any atom is 0.146 e. The molecular formula is C16H19BrFNO2. The molecule has 2 aromatic rings. The Morgan fingerprint density at radius 1 is 1.24 bits per heavy atom. The van der Waals surface area contributed by atoms with E-state index in [2.05, 4.69) is 35.1 Å². The highest BCUT2D eigenvalue weighted by atomic mass is 79.9. The van der Waals surface area contributed by atoms with Gasteiger partial charge in [-0.3, -0.25) is 0 Å². The second-order valence-electron chi connectivity index (χ2n) is 5.26. The van der Waals surface area contributed by atoms with Crippen molar-refractivity contribution in [2.45, 2.75) is 27.0 Å². The number of hydrogen-bond acceptors (Lipinski definition) is 3. The highest BCUT2D eigenvalue weighted by molar-refractivity contribution is 9.10. The molecule has 0 amide bonds. The lowest BCUT2D eigenvalue weighted by Gasteiger charge is -2.07. The molecule has 0 aliphatic rings. The second-order valence-corrected chi connectivity index (χ2v) is 6.11. The van der Waals surface area contributed by atoms with Gasteiger partial charge in [0.05, 0.1) is 11.0 Å². The van der Waals surface area contributed by atoms with E-state index in [0.717, 1.165) is 12.3 Å². The number of ether oxygens (including phenoxy) is 1. The molecule has 0 radical (unpaired) electrons. The van der Waals surface area contributed by atoms with Gasteiger partial charge in [-0.25, -0.2) is 4.39 Å². The summed E-state index contributed by atoms with van der Waals surface area (Å²) in [6.07, 6.45) is 0. The fourth-order valence-electron chi connectivity index (χ4n) is 1.82. The van der Waals surface area contributed by atoms with Gasteiger partial charge in [-0.15, -0.1) is 0 Å². The van der Waals surface area contributed by atoms with Crippen LogP contribution in [0.15, 0.2) is 39.2 Å². The standard InChI is InChI=1S/C16H19BrFNO2/c1-11(2)8-19-9-13-4-5-14(21-13)10-20-16-7-12(18)3-6-15(16)17/h3-7,11,19H,8-10H2,1-2H3. The van der Waals surface area contributed by atoms with Crippen molar-refractivity contribution in [1.29, 1.82) is 0 Å². The summed E-state index contributed by atoms with van der Waals surface area (Å²) in [5.74, 6) is 2.32. The first-order valence-corrected chi connectivity index (χ1v) is 7.70. The van der Waals surface area contributed by atoms with Gasteiger partial charge in [0.25, 0.3) is 0 Å². The van der Waals surface area contributed by atoms with E-state index in [1.165, 1.54) is 12.1 Å². The molecule has 0 bridgehead atoms. The minimum Gasteiger partial charge on any atom is -0.484 e. The molecular weight excluding hydrogens is 337 g/mol. The molecule has 21 heavy (non-hydrogen) atoms. The number of halogens is 2. The summed E-state index contributed by atoms with van der Waals surface area (Å²) in [4.78, 5) is 0. The first-order chi connectivity index (χ1) is 10.0. The van der Waals surface area contributed by atoms with Crippen LogP contribution in [-0.4, -0.2) is 6.54 Å². The smallest absolute Gasteiger partial charge is 0.146 e. The largest absolute Gasteiger partial charge is 0.484 e. The first kappa shape index (κ1) is 16.0. The van der Waals surface area contributed by atoms with Crippen LogP contribution in [0.2, 0.25) is 0 Å². The van der Waals surface area contributed by atoms with E-state index < -0.39 is 0 Å². The zero-order valence-electron chi connectivity index (χ0n) is 12.2. The van der Waals surface area contributed by atoms with E-state index in [4.69, 9.17) is 9.15 Å². The summed E-state index contributed by atoms with van der Waals surface area (Å²) in [5, 5.41) is 3.31. The van der Waals surface area contributed by atoms with Gasteiger partial charge in [0.2, 0.25) is 0 Å². The molecule has 114 valence electrons. The Bertz CT molecular complexity index is 583. The van der Waals surface area contributed by atoms with Crippen LogP contribution in [0.5, 0.6) is 5.75 Å². The monoisotopic (exact) mass is 355 g/mol. The maximum atomic E-state index is 13.1. The van der Waals surface area contributed by atoms with Crippen molar-refractivity contribution in [3.05, 3.63) is 52.1 Å². The molecule has 1 aromatic heterocycles. The van der Waals surface area contributed by atoms with Crippen molar-refractivity contribution < 1.29 is 13.5 Å². The van der Waals surface area contributed by atoms with Crippen molar-refractivity contribution >= 4 is 15.9 Å². The van der Waals surface area contributed by atoms with Gasteiger partial charge in [-0.05, 0) is 52.7 Å². The molecule has 1 aromatic carbocycles. The van der Waals surface area contributed by atoms with Crippen molar-refractivity contribution in [3.8, 4) is 5.75 Å². The van der Waals surface area contributed by atoms with Crippen LogP contribution in [0.4, 0.5) is 4.39 Å². The van der Waals surface area contributed by atoms with E-state index >= 15 is 0 Å². The van der Waals surface area contributed by atoms with Crippen molar-refractivity contribution in [3.63, 3.8) is 0 Å². The summed E-state index contributed by atoms with van der Waals surface area (Å²) in [7, 11) is 0. The van der Waals surface area contributed by atoms with E-state index in [1.807, 2.05) is 12.1 Å². The lowest BCUT2D eigenvalue weighted by molar-refractivity contribution is 0.262. The molecule has 1 N–H and O–H groups in total. The Hall–Kier alpha value is -1.33. The fraction of sp³-hybridized carbons (Fsp3) is 0.375. The van der Waals surface area contributed by atoms with Crippen molar-refractivity contribution in [1.82, 2.24) is 5.32 Å². The lowest BCUT2D eigenvalue weighted by atomic mass is 10.2. The van der Waals surface area contributed by atoms with Gasteiger partial charge in [-0.1, -0.05) is 13.8 Å². The Morgan fingerprint density at radius 3 is 2.76 bits per heavy atom. The molecule has 0 spiro atoms. The number of furan rings is 1. The molecule has 0 atom stereocenters. The number of rotatable bonds is 7. The predicted octanol–water partition coefficient (Wildman–Crippen LogP) is 4.51. The minimum absolute atomic E-state index is 0.270. The van der Waals surface area contributed by atoms with Crippen LogP contribution < -0.4 is 10.1 Å². The SMILES string of the molecule is CC(C)CNCc1ccc(COc2cc(F)ccc2Br)o1. The van der Waals surface area contributed by atoms with Crippen molar-refractivity contribution in [2.75, 3.05) is 6.54 Å². The maximum absolute atomic E-state index is 13.1. The number of hydrogen-bond donors (Lipinski definition) is 1. The van der Waals surface area contributed by atoms with Crippen LogP contribution >= 0.6 is 15.9 Å². The summed E-state index contributed by atoms with van der Waals surface area (Å²) < 4.78 is 25.1. The van der Waals surface area contributed by atoms with Crippen LogP contribution in [0.25, 0.3) is 0 Å². The molecule has 0 saturated carbocycles. The average Bonchev–Trinajstić information content (AvgIpc) is 2.87. The predicted molar refractivity (Wildman–Crippen MR) is 83.7 cm³/mol. The van der Waals surface area contributed by atoms with Gasteiger partial charge >= 0.3 is 0 Å². The van der Waals surface area contributed by atoms with Gasteiger partial charge in [0, 0.05) is 6.07 Å². The fourth-order valence-corrected chi connectivity index (χ4v) is 2.18. The third-order valence-electron chi connectivity index (χ3n) is 2.83. The van der Waals surface area contributed by atoms with Crippen LogP contribution in [0.1, 0.15) is 25.4 Å². The van der Waals surface area contributed by atoms with Crippen LogP contribution in [-0.2, 0) is 13.2 Å². The van der Waals surface area contributed by atoms with E-state index in [0.29, 0.717) is 28.4 Å². The zero-order valence-corrected chi connectivity index (χ0v) is 13.7. The third-order valence-corrected chi connectivity index (χ3v) is 3.49. The normalized spacial score (nSPS) is 11.1. The van der Waals surface area contributed by atoms with E-state index in [-0.39, 0.29) is 12.4 Å². The molecule has 2 rings (SSSR count). The Kier molecular flexibility index (Phi) is 5.82. The quantitative estimate of drug-likeness (QED) is 0.793. The molecule has 3 nitrogen and oxygen atoms in total. The van der Waals surface area contributed by atoms with Gasteiger partial charge in [0.15, 0.2) is 0 Å².